The first kappa shape index (κ1) is 15.0. The number of aryl methyl sites for hydroxylation is 1. The van der Waals surface area contributed by atoms with Crippen molar-refractivity contribution in [3.8, 4) is 0 Å². The molecule has 3 rings (SSSR count). The molecule has 0 amide bonds. The van der Waals surface area contributed by atoms with Crippen molar-refractivity contribution in [1.29, 1.82) is 0 Å². The van der Waals surface area contributed by atoms with Gasteiger partial charge in [-0.15, -0.1) is 6.58 Å². The van der Waals surface area contributed by atoms with Crippen LogP contribution in [0.5, 0.6) is 0 Å². The van der Waals surface area contributed by atoms with E-state index in [0.29, 0.717) is 0 Å². The molecule has 1 saturated heterocycles. The molecule has 2 atom stereocenters. The molecule has 21 heavy (non-hydrogen) atoms. The smallest absolute Gasteiger partial charge is 0.218 e. The zero-order valence-corrected chi connectivity index (χ0v) is 15.0. The minimum absolute atomic E-state index is 0.0539. The van der Waals surface area contributed by atoms with Crippen LogP contribution in [0, 0.1) is 0 Å². The molecular weight excluding hydrogens is 272 g/mol. The lowest BCUT2D eigenvalue weighted by Crippen LogP contribution is -2.42. The van der Waals surface area contributed by atoms with Crippen LogP contribution in [0.4, 0.5) is 0 Å². The van der Waals surface area contributed by atoms with Crippen molar-refractivity contribution in [3.05, 3.63) is 47.2 Å². The van der Waals surface area contributed by atoms with E-state index >= 15 is 0 Å². The highest BCUT2D eigenvalue weighted by Crippen LogP contribution is 2.60. The molecule has 1 nitrogen and oxygen atoms in total. The van der Waals surface area contributed by atoms with Gasteiger partial charge in [-0.25, -0.2) is 0 Å². The zero-order valence-electron chi connectivity index (χ0n) is 14.0. The van der Waals surface area contributed by atoms with Crippen molar-refractivity contribution in [1.82, 2.24) is 0 Å². The van der Waals surface area contributed by atoms with Crippen LogP contribution in [0.25, 0.3) is 0 Å². The summed E-state index contributed by atoms with van der Waals surface area (Å²) in [5.41, 5.74) is 2.93. The Balaban J connectivity index is 2.09. The number of unbranched alkanes of at least 4 members (excludes halogenated alkanes) is 1. The third kappa shape index (κ3) is 1.92. The van der Waals surface area contributed by atoms with Gasteiger partial charge in [-0.3, -0.25) is 0 Å². The molecule has 0 saturated carbocycles. The van der Waals surface area contributed by atoms with E-state index in [0.717, 1.165) is 0 Å². The second-order valence-electron chi connectivity index (χ2n) is 7.49. The van der Waals surface area contributed by atoms with Gasteiger partial charge in [0.15, 0.2) is 0 Å². The van der Waals surface area contributed by atoms with E-state index in [9.17, 15) is 0 Å². The minimum Gasteiger partial charge on any atom is -0.407 e. The van der Waals surface area contributed by atoms with Gasteiger partial charge in [-0.2, -0.15) is 0 Å². The van der Waals surface area contributed by atoms with Gasteiger partial charge >= 0.3 is 0 Å². The third-order valence-corrected chi connectivity index (χ3v) is 9.89. The van der Waals surface area contributed by atoms with Crippen molar-refractivity contribution >= 4 is 8.32 Å². The van der Waals surface area contributed by atoms with E-state index in [-0.39, 0.29) is 11.0 Å². The summed E-state index contributed by atoms with van der Waals surface area (Å²) in [6.07, 6.45) is 4.84. The number of hydrogen-bond acceptors (Lipinski definition) is 1. The lowest BCUT2D eigenvalue weighted by molar-refractivity contribution is 0.0621. The van der Waals surface area contributed by atoms with Gasteiger partial charge in [0.25, 0.3) is 0 Å². The predicted octanol–water partition coefficient (Wildman–Crippen LogP) is 5.15. The molecule has 2 aliphatic rings. The monoisotopic (exact) mass is 300 g/mol. The van der Waals surface area contributed by atoms with E-state index < -0.39 is 8.32 Å². The maximum atomic E-state index is 6.78. The van der Waals surface area contributed by atoms with Crippen LogP contribution in [0.15, 0.2) is 36.0 Å². The molecule has 0 aromatic heterocycles. The second-order valence-corrected chi connectivity index (χ2v) is 11.3. The van der Waals surface area contributed by atoms with Crippen molar-refractivity contribution in [3.63, 3.8) is 0 Å². The molecule has 1 aliphatic heterocycles. The maximum Gasteiger partial charge on any atom is 0.218 e. The fourth-order valence-corrected chi connectivity index (χ4v) is 9.11. The largest absolute Gasteiger partial charge is 0.407 e. The number of fused-ring (bicyclic) bond motifs is 2. The van der Waals surface area contributed by atoms with Crippen LogP contribution >= 0.6 is 0 Å². The molecule has 0 bridgehead atoms. The number of hydrogen-bond donors (Lipinski definition) is 0. The highest BCUT2D eigenvalue weighted by Gasteiger charge is 2.64. The van der Waals surface area contributed by atoms with E-state index in [1.807, 2.05) is 0 Å². The fourth-order valence-electron chi connectivity index (χ4n) is 4.79. The molecule has 0 N–H and O–H groups in total. The molecule has 2 unspecified atom stereocenters. The first-order valence-corrected chi connectivity index (χ1v) is 11.0. The lowest BCUT2D eigenvalue weighted by Gasteiger charge is -2.39. The SMILES string of the molecule is C=C1C2(CCc3ccccc32)C(C)(C)O[Si]1(C)CCCC. The molecule has 114 valence electrons. The van der Waals surface area contributed by atoms with E-state index in [1.54, 1.807) is 0 Å². The van der Waals surface area contributed by atoms with Gasteiger partial charge in [0.1, 0.15) is 0 Å². The summed E-state index contributed by atoms with van der Waals surface area (Å²) in [6.45, 7) is 13.9. The molecule has 1 spiro atoms. The van der Waals surface area contributed by atoms with Crippen LogP contribution in [-0.2, 0) is 16.3 Å². The lowest BCUT2D eigenvalue weighted by atomic mass is 9.69. The van der Waals surface area contributed by atoms with Gasteiger partial charge in [-0.1, -0.05) is 44.0 Å². The van der Waals surface area contributed by atoms with Crippen LogP contribution in [0.3, 0.4) is 0 Å². The average molecular weight is 301 g/mol. The predicted molar refractivity (Wildman–Crippen MR) is 92.1 cm³/mol. The molecular formula is C19H28OSi. The van der Waals surface area contributed by atoms with Crippen LogP contribution in [-0.4, -0.2) is 13.9 Å². The summed E-state index contributed by atoms with van der Waals surface area (Å²) in [4.78, 5) is 0. The molecule has 2 heteroatoms. The zero-order chi connectivity index (χ0) is 15.3. The van der Waals surface area contributed by atoms with Crippen molar-refractivity contribution in [2.75, 3.05) is 0 Å². The van der Waals surface area contributed by atoms with E-state index in [1.165, 1.54) is 48.1 Å². The van der Waals surface area contributed by atoms with Gasteiger partial charge in [0.05, 0.1) is 5.60 Å². The average Bonchev–Trinajstić information content (AvgIpc) is 2.90. The Morgan fingerprint density at radius 3 is 2.71 bits per heavy atom. The highest BCUT2D eigenvalue weighted by molar-refractivity contribution is 6.81. The summed E-state index contributed by atoms with van der Waals surface area (Å²) < 4.78 is 6.78. The molecule has 1 aromatic rings. The summed E-state index contributed by atoms with van der Waals surface area (Å²) in [6, 6.07) is 10.2. The minimum atomic E-state index is -1.85. The molecule has 1 aromatic carbocycles. The maximum absolute atomic E-state index is 6.78. The summed E-state index contributed by atoms with van der Waals surface area (Å²) >= 11 is 0. The van der Waals surface area contributed by atoms with Crippen LogP contribution in [0.1, 0.15) is 51.2 Å². The van der Waals surface area contributed by atoms with Gasteiger partial charge < -0.3 is 4.43 Å². The number of rotatable bonds is 3. The summed E-state index contributed by atoms with van der Waals surface area (Å²) in [7, 11) is -1.85. The Morgan fingerprint density at radius 2 is 2.00 bits per heavy atom. The Labute approximate surface area is 130 Å². The quantitative estimate of drug-likeness (QED) is 0.701. The Bertz CT molecular complexity index is 577. The molecule has 1 aliphatic carbocycles. The number of benzene rings is 1. The van der Waals surface area contributed by atoms with E-state index in [4.69, 9.17) is 4.43 Å². The Kier molecular flexibility index (Phi) is 3.45. The normalized spacial score (nSPS) is 33.6. The topological polar surface area (TPSA) is 9.23 Å². The first-order chi connectivity index (χ1) is 9.87. The van der Waals surface area contributed by atoms with Gasteiger partial charge in [0, 0.05) is 5.41 Å². The van der Waals surface area contributed by atoms with Crippen molar-refractivity contribution in [2.45, 2.75) is 70.1 Å². The highest BCUT2D eigenvalue weighted by atomic mass is 28.4. The van der Waals surface area contributed by atoms with Crippen molar-refractivity contribution in [2.24, 2.45) is 0 Å². The summed E-state index contributed by atoms with van der Waals surface area (Å²) in [5, 5.41) is 1.44. The van der Waals surface area contributed by atoms with Crippen molar-refractivity contribution < 1.29 is 4.43 Å². The van der Waals surface area contributed by atoms with Gasteiger partial charge in [0.2, 0.25) is 8.32 Å². The van der Waals surface area contributed by atoms with E-state index in [2.05, 4.69) is 58.2 Å². The Morgan fingerprint density at radius 1 is 1.29 bits per heavy atom. The summed E-state index contributed by atoms with van der Waals surface area (Å²) in [5.74, 6) is 0. The standard InChI is InChI=1S/C19H28OSi/c1-6-7-14-21(5)15(2)19(18(3,4)20-21)13-12-16-10-8-9-11-17(16)19/h8-11H,2,6-7,12-14H2,1,3-5H3. The molecule has 0 radical (unpaired) electrons. The fraction of sp³-hybridized carbons (Fsp3) is 0.579. The van der Waals surface area contributed by atoms with Gasteiger partial charge in [-0.05, 0) is 55.6 Å². The molecule has 1 fully saturated rings. The Hall–Kier alpha value is -0.863. The van der Waals surface area contributed by atoms with Crippen LogP contribution < -0.4 is 0 Å². The van der Waals surface area contributed by atoms with Crippen LogP contribution in [0.2, 0.25) is 12.6 Å². The second kappa shape index (κ2) is 4.82. The third-order valence-electron chi connectivity index (χ3n) is 5.92. The molecule has 1 heterocycles. The first-order valence-electron chi connectivity index (χ1n) is 8.36.